The van der Waals surface area contributed by atoms with Gasteiger partial charge in [0.15, 0.2) is 5.17 Å². The molecule has 2 atom stereocenters. The molecule has 6 heteroatoms. The number of benzene rings is 1. The van der Waals surface area contributed by atoms with Gasteiger partial charge in [0.2, 0.25) is 5.91 Å². The molecule has 114 valence electrons. The Bertz CT molecular complexity index is 569. The molecule has 1 unspecified atom stereocenters. The maximum Gasteiger partial charge on any atom is 0.232 e. The number of hydrogen-bond acceptors (Lipinski definition) is 4. The van der Waals surface area contributed by atoms with Crippen LogP contribution in [0.5, 0.6) is 0 Å². The number of amidine groups is 1. The zero-order valence-electron chi connectivity index (χ0n) is 12.3. The lowest BCUT2D eigenvalue weighted by atomic mass is 9.92. The fourth-order valence-corrected chi connectivity index (χ4v) is 3.70. The predicted molar refractivity (Wildman–Crippen MR) is 87.7 cm³/mol. The number of carbonyl (C=O) groups is 1. The molecule has 0 radical (unpaired) electrons. The Morgan fingerprint density at radius 1 is 1.48 bits per heavy atom. The molecule has 1 aliphatic rings. The predicted octanol–water partition coefficient (Wildman–Crippen LogP) is 3.01. The second kappa shape index (κ2) is 6.38. The Morgan fingerprint density at radius 2 is 2.14 bits per heavy atom. The number of carbonyl (C=O) groups excluding carboxylic acids is 1. The van der Waals surface area contributed by atoms with E-state index in [-0.39, 0.29) is 11.9 Å². The van der Waals surface area contributed by atoms with Gasteiger partial charge in [0.05, 0.1) is 17.6 Å². The smallest absolute Gasteiger partial charge is 0.232 e. The van der Waals surface area contributed by atoms with Crippen molar-refractivity contribution in [2.24, 2.45) is 10.9 Å². The number of halogens is 1. The minimum absolute atomic E-state index is 0.139. The summed E-state index contributed by atoms with van der Waals surface area (Å²) in [5.74, 6) is -0.105. The lowest BCUT2D eigenvalue weighted by Gasteiger charge is -2.31. The molecule has 21 heavy (non-hydrogen) atoms. The Kier molecular flexibility index (Phi) is 4.96. The molecule has 0 saturated carbocycles. The summed E-state index contributed by atoms with van der Waals surface area (Å²) >= 11 is 7.60. The van der Waals surface area contributed by atoms with Crippen LogP contribution in [0, 0.1) is 5.92 Å². The first kappa shape index (κ1) is 16.3. The van der Waals surface area contributed by atoms with Crippen molar-refractivity contribution < 1.29 is 9.90 Å². The molecule has 0 bridgehead atoms. The first-order chi connectivity index (χ1) is 9.79. The van der Waals surface area contributed by atoms with Gasteiger partial charge < -0.3 is 10.4 Å². The van der Waals surface area contributed by atoms with Gasteiger partial charge in [-0.3, -0.25) is 9.79 Å². The van der Waals surface area contributed by atoms with E-state index < -0.39 is 11.5 Å². The highest BCUT2D eigenvalue weighted by Gasteiger charge is 2.37. The van der Waals surface area contributed by atoms with Crippen LogP contribution in [0.3, 0.4) is 0 Å². The highest BCUT2D eigenvalue weighted by Crippen LogP contribution is 2.29. The number of aliphatic imine (C=N–C) groups is 1. The van der Waals surface area contributed by atoms with Crippen molar-refractivity contribution in [3.63, 3.8) is 0 Å². The van der Waals surface area contributed by atoms with E-state index in [1.807, 2.05) is 31.2 Å². The fraction of sp³-hybridized carbons (Fsp3) is 0.467. The molecule has 1 saturated heterocycles. The zero-order chi connectivity index (χ0) is 15.6. The molecule has 1 amide bonds. The highest BCUT2D eigenvalue weighted by molar-refractivity contribution is 8.14. The number of thioether (sulfide) groups is 1. The summed E-state index contributed by atoms with van der Waals surface area (Å²) in [5.41, 5.74) is -0.108. The van der Waals surface area contributed by atoms with E-state index in [2.05, 4.69) is 10.3 Å². The first-order valence-electron chi connectivity index (χ1n) is 6.77. The van der Waals surface area contributed by atoms with E-state index in [1.165, 1.54) is 11.8 Å². The van der Waals surface area contributed by atoms with Gasteiger partial charge in [-0.1, -0.05) is 41.6 Å². The summed E-state index contributed by atoms with van der Waals surface area (Å²) in [6, 6.07) is 7.39. The highest BCUT2D eigenvalue weighted by atomic mass is 35.5. The average molecular weight is 327 g/mol. The topological polar surface area (TPSA) is 61.7 Å². The molecule has 2 N–H and O–H groups in total. The monoisotopic (exact) mass is 326 g/mol. The minimum Gasteiger partial charge on any atom is -0.390 e. The molecule has 1 heterocycles. The van der Waals surface area contributed by atoms with Crippen LogP contribution in [0.2, 0.25) is 5.02 Å². The molecule has 1 fully saturated rings. The molecule has 2 rings (SSSR count). The van der Waals surface area contributed by atoms with E-state index in [9.17, 15) is 9.90 Å². The average Bonchev–Trinajstić information content (AvgIpc) is 2.37. The number of hydrogen-bond donors (Lipinski definition) is 2. The van der Waals surface area contributed by atoms with Crippen molar-refractivity contribution >= 4 is 34.4 Å². The SMILES string of the molecule is C[C@H](N=C1NC(=O)C(C(C)(C)O)CS1)c1ccccc1Cl. The van der Waals surface area contributed by atoms with Crippen molar-refractivity contribution in [3.05, 3.63) is 34.9 Å². The molecule has 4 nitrogen and oxygen atoms in total. The Morgan fingerprint density at radius 3 is 2.71 bits per heavy atom. The van der Waals surface area contributed by atoms with Gasteiger partial charge >= 0.3 is 0 Å². The van der Waals surface area contributed by atoms with Crippen molar-refractivity contribution in [1.82, 2.24) is 5.32 Å². The van der Waals surface area contributed by atoms with Crippen LogP contribution in [0.1, 0.15) is 32.4 Å². The summed E-state index contributed by atoms with van der Waals surface area (Å²) in [6.07, 6.45) is 0. The second-order valence-electron chi connectivity index (χ2n) is 5.64. The standard InChI is InChI=1S/C15H19ClN2O2S/c1-9(10-6-4-5-7-12(10)16)17-14-18-13(19)11(8-21-14)15(2,3)20/h4-7,9,11,20H,8H2,1-3H3,(H,17,18,19)/t9-,11?/m0/s1. The van der Waals surface area contributed by atoms with Crippen LogP contribution in [-0.2, 0) is 4.79 Å². The van der Waals surface area contributed by atoms with Crippen LogP contribution in [0.15, 0.2) is 29.3 Å². The van der Waals surface area contributed by atoms with Crippen molar-refractivity contribution in [3.8, 4) is 0 Å². The summed E-state index contributed by atoms with van der Waals surface area (Å²) in [7, 11) is 0. The van der Waals surface area contributed by atoms with Gasteiger partial charge in [-0.25, -0.2) is 0 Å². The normalized spacial score (nSPS) is 23.0. The maximum absolute atomic E-state index is 12.0. The molecular formula is C15H19ClN2O2S. The van der Waals surface area contributed by atoms with Gasteiger partial charge in [-0.15, -0.1) is 0 Å². The van der Waals surface area contributed by atoms with E-state index in [4.69, 9.17) is 11.6 Å². The van der Waals surface area contributed by atoms with Gasteiger partial charge in [0.1, 0.15) is 0 Å². The molecule has 0 aromatic heterocycles. The van der Waals surface area contributed by atoms with E-state index in [0.717, 1.165) is 5.56 Å². The summed E-state index contributed by atoms with van der Waals surface area (Å²) in [6.45, 7) is 5.22. The molecule has 0 aliphatic carbocycles. The number of amides is 1. The van der Waals surface area contributed by atoms with E-state index in [0.29, 0.717) is 15.9 Å². The fourth-order valence-electron chi connectivity index (χ4n) is 2.12. The second-order valence-corrected chi connectivity index (χ2v) is 7.05. The number of nitrogens with zero attached hydrogens (tertiary/aromatic N) is 1. The van der Waals surface area contributed by atoms with Crippen LogP contribution < -0.4 is 5.32 Å². The zero-order valence-corrected chi connectivity index (χ0v) is 13.8. The first-order valence-corrected chi connectivity index (χ1v) is 8.13. The lowest BCUT2D eigenvalue weighted by Crippen LogP contribution is -2.49. The van der Waals surface area contributed by atoms with Crippen LogP contribution in [0.25, 0.3) is 0 Å². The van der Waals surface area contributed by atoms with Crippen LogP contribution in [-0.4, -0.2) is 27.5 Å². The lowest BCUT2D eigenvalue weighted by molar-refractivity contribution is -0.129. The molecule has 1 aliphatic heterocycles. The molecule has 0 spiro atoms. The summed E-state index contributed by atoms with van der Waals surface area (Å²) in [4.78, 5) is 16.6. The molecular weight excluding hydrogens is 308 g/mol. The van der Waals surface area contributed by atoms with Crippen molar-refractivity contribution in [2.75, 3.05) is 5.75 Å². The molecule has 1 aromatic rings. The largest absolute Gasteiger partial charge is 0.390 e. The third-order valence-corrected chi connectivity index (χ3v) is 4.78. The number of rotatable bonds is 3. The van der Waals surface area contributed by atoms with Gasteiger partial charge in [-0.2, -0.15) is 0 Å². The van der Waals surface area contributed by atoms with Crippen LogP contribution in [0.4, 0.5) is 0 Å². The quantitative estimate of drug-likeness (QED) is 0.897. The van der Waals surface area contributed by atoms with Crippen LogP contribution >= 0.6 is 23.4 Å². The minimum atomic E-state index is -1.03. The van der Waals surface area contributed by atoms with Crippen molar-refractivity contribution in [1.29, 1.82) is 0 Å². The van der Waals surface area contributed by atoms with Gasteiger partial charge in [-0.05, 0) is 32.4 Å². The van der Waals surface area contributed by atoms with Gasteiger partial charge in [0.25, 0.3) is 0 Å². The third kappa shape index (κ3) is 3.99. The number of nitrogens with one attached hydrogen (secondary N) is 1. The Labute approximate surface area is 134 Å². The third-order valence-electron chi connectivity index (χ3n) is 3.45. The number of aliphatic hydroxyl groups is 1. The maximum atomic E-state index is 12.0. The summed E-state index contributed by atoms with van der Waals surface area (Å²) in [5, 5.41) is 14.0. The van der Waals surface area contributed by atoms with E-state index in [1.54, 1.807) is 13.8 Å². The van der Waals surface area contributed by atoms with Crippen molar-refractivity contribution in [2.45, 2.75) is 32.4 Å². The van der Waals surface area contributed by atoms with Gasteiger partial charge in [0, 0.05) is 10.8 Å². The Hall–Kier alpha value is -1.04. The molecule has 1 aromatic carbocycles. The summed E-state index contributed by atoms with van der Waals surface area (Å²) < 4.78 is 0. The Balaban J connectivity index is 2.11. The van der Waals surface area contributed by atoms with E-state index >= 15 is 0 Å².